The van der Waals surface area contributed by atoms with Crippen LogP contribution in [0.25, 0.3) is 0 Å². The van der Waals surface area contributed by atoms with Gasteiger partial charge in [-0.15, -0.1) is 0 Å². The van der Waals surface area contributed by atoms with Gasteiger partial charge in [0, 0.05) is 18.1 Å². The predicted molar refractivity (Wildman–Crippen MR) is 71.1 cm³/mol. The topological polar surface area (TPSA) is 92.3 Å². The molecule has 2 rings (SSSR count). The number of hydrogen-bond acceptors (Lipinski definition) is 5. The van der Waals surface area contributed by atoms with Gasteiger partial charge in [0.05, 0.1) is 6.54 Å². The van der Waals surface area contributed by atoms with E-state index in [-0.39, 0.29) is 6.54 Å². The molecule has 0 aliphatic carbocycles. The van der Waals surface area contributed by atoms with Gasteiger partial charge in [-0.3, -0.25) is 4.79 Å². The highest BCUT2D eigenvalue weighted by molar-refractivity contribution is 5.75. The second-order valence-corrected chi connectivity index (χ2v) is 3.94. The minimum atomic E-state index is -1.06. The van der Waals surface area contributed by atoms with Gasteiger partial charge in [-0.1, -0.05) is 18.2 Å². The Balaban J connectivity index is 2.32. The fourth-order valence-corrected chi connectivity index (χ4v) is 1.62. The SMILES string of the molecule is N[C@@H](CN(c1ccccc1)c1ncccn1)C(=O)O. The quantitative estimate of drug-likeness (QED) is 0.832. The fraction of sp³-hybridized carbons (Fsp3) is 0.154. The third-order valence-corrected chi connectivity index (χ3v) is 2.56. The fourth-order valence-electron chi connectivity index (χ4n) is 1.62. The number of anilines is 2. The van der Waals surface area contributed by atoms with E-state index in [9.17, 15) is 4.79 Å². The molecule has 1 aromatic carbocycles. The van der Waals surface area contributed by atoms with Crippen LogP contribution in [0, 0.1) is 0 Å². The maximum Gasteiger partial charge on any atom is 0.322 e. The molecule has 0 saturated carbocycles. The number of carboxylic acid groups (broad SMARTS) is 1. The Morgan fingerprint density at radius 1 is 1.21 bits per heavy atom. The van der Waals surface area contributed by atoms with E-state index in [4.69, 9.17) is 10.8 Å². The van der Waals surface area contributed by atoms with Crippen molar-refractivity contribution in [2.45, 2.75) is 6.04 Å². The van der Waals surface area contributed by atoms with Crippen LogP contribution < -0.4 is 10.6 Å². The normalized spacial score (nSPS) is 11.8. The summed E-state index contributed by atoms with van der Waals surface area (Å²) in [6.45, 7) is 0.101. The van der Waals surface area contributed by atoms with Crippen molar-refractivity contribution < 1.29 is 9.90 Å². The highest BCUT2D eigenvalue weighted by atomic mass is 16.4. The van der Waals surface area contributed by atoms with Crippen LogP contribution >= 0.6 is 0 Å². The van der Waals surface area contributed by atoms with Gasteiger partial charge in [-0.2, -0.15) is 0 Å². The maximum absolute atomic E-state index is 10.9. The van der Waals surface area contributed by atoms with Crippen LogP contribution in [0.2, 0.25) is 0 Å². The average molecular weight is 258 g/mol. The van der Waals surface area contributed by atoms with Crippen LogP contribution in [0.5, 0.6) is 0 Å². The van der Waals surface area contributed by atoms with E-state index < -0.39 is 12.0 Å². The number of benzene rings is 1. The molecule has 1 atom stereocenters. The second kappa shape index (κ2) is 5.92. The lowest BCUT2D eigenvalue weighted by Crippen LogP contribution is -2.41. The van der Waals surface area contributed by atoms with Crippen LogP contribution in [0.3, 0.4) is 0 Å². The maximum atomic E-state index is 10.9. The van der Waals surface area contributed by atoms with Gasteiger partial charge < -0.3 is 15.7 Å². The lowest BCUT2D eigenvalue weighted by Gasteiger charge is -2.24. The van der Waals surface area contributed by atoms with Gasteiger partial charge in [0.2, 0.25) is 5.95 Å². The lowest BCUT2D eigenvalue weighted by atomic mass is 10.2. The highest BCUT2D eigenvalue weighted by Crippen LogP contribution is 2.20. The molecule has 19 heavy (non-hydrogen) atoms. The Kier molecular flexibility index (Phi) is 4.04. The molecule has 0 saturated heterocycles. The van der Waals surface area contributed by atoms with E-state index in [0.29, 0.717) is 5.95 Å². The monoisotopic (exact) mass is 258 g/mol. The minimum Gasteiger partial charge on any atom is -0.480 e. The zero-order chi connectivity index (χ0) is 13.7. The van der Waals surface area contributed by atoms with Gasteiger partial charge >= 0.3 is 5.97 Å². The van der Waals surface area contributed by atoms with E-state index in [0.717, 1.165) is 5.69 Å². The number of rotatable bonds is 5. The molecule has 0 radical (unpaired) electrons. The molecule has 0 bridgehead atoms. The summed E-state index contributed by atoms with van der Waals surface area (Å²) in [5.74, 6) is -0.637. The van der Waals surface area contributed by atoms with Gasteiger partial charge in [-0.25, -0.2) is 9.97 Å². The van der Waals surface area contributed by atoms with Crippen molar-refractivity contribution in [3.8, 4) is 0 Å². The molecule has 6 heteroatoms. The van der Waals surface area contributed by atoms with Crippen molar-refractivity contribution in [2.75, 3.05) is 11.4 Å². The summed E-state index contributed by atoms with van der Waals surface area (Å²) >= 11 is 0. The molecule has 6 nitrogen and oxygen atoms in total. The largest absolute Gasteiger partial charge is 0.480 e. The molecular weight excluding hydrogens is 244 g/mol. The van der Waals surface area contributed by atoms with Gasteiger partial charge in [-0.05, 0) is 18.2 Å². The predicted octanol–water partition coefficient (Wildman–Crippen LogP) is 1.03. The summed E-state index contributed by atoms with van der Waals surface area (Å²) in [6, 6.07) is 9.99. The Bertz CT molecular complexity index is 493. The Hall–Kier alpha value is -2.47. The first-order valence-electron chi connectivity index (χ1n) is 5.76. The van der Waals surface area contributed by atoms with Gasteiger partial charge in [0.15, 0.2) is 0 Å². The summed E-state index contributed by atoms with van der Waals surface area (Å²) in [5, 5.41) is 8.93. The highest BCUT2D eigenvalue weighted by Gasteiger charge is 2.19. The molecule has 0 unspecified atom stereocenters. The summed E-state index contributed by atoms with van der Waals surface area (Å²) in [7, 11) is 0. The van der Waals surface area contributed by atoms with Crippen molar-refractivity contribution >= 4 is 17.6 Å². The zero-order valence-electron chi connectivity index (χ0n) is 10.2. The van der Waals surface area contributed by atoms with Crippen LogP contribution in [0.1, 0.15) is 0 Å². The number of aromatic nitrogens is 2. The molecule has 3 N–H and O–H groups in total. The molecule has 1 heterocycles. The third-order valence-electron chi connectivity index (χ3n) is 2.56. The van der Waals surface area contributed by atoms with E-state index in [1.807, 2.05) is 30.3 Å². The molecule has 1 aromatic heterocycles. The zero-order valence-corrected chi connectivity index (χ0v) is 10.2. The van der Waals surface area contributed by atoms with Crippen molar-refractivity contribution in [1.29, 1.82) is 0 Å². The van der Waals surface area contributed by atoms with Crippen LogP contribution in [-0.2, 0) is 4.79 Å². The molecular formula is C13H14N4O2. The average Bonchev–Trinajstić information content (AvgIpc) is 2.46. The number of carbonyl (C=O) groups is 1. The van der Waals surface area contributed by atoms with Crippen molar-refractivity contribution in [1.82, 2.24) is 9.97 Å². The summed E-state index contributed by atoms with van der Waals surface area (Å²) in [5.41, 5.74) is 6.39. The number of nitrogens with zero attached hydrogens (tertiary/aromatic N) is 3. The lowest BCUT2D eigenvalue weighted by molar-refractivity contribution is -0.138. The van der Waals surface area contributed by atoms with Crippen molar-refractivity contribution in [3.05, 3.63) is 48.8 Å². The number of hydrogen-bond donors (Lipinski definition) is 2. The van der Waals surface area contributed by atoms with Gasteiger partial charge in [0.25, 0.3) is 0 Å². The Morgan fingerprint density at radius 2 is 1.84 bits per heavy atom. The number of nitrogens with two attached hydrogens (primary N) is 1. The Morgan fingerprint density at radius 3 is 2.42 bits per heavy atom. The molecule has 0 fully saturated rings. The van der Waals surface area contributed by atoms with Crippen LogP contribution in [0.4, 0.5) is 11.6 Å². The Labute approximate surface area is 110 Å². The molecule has 0 amide bonds. The first-order valence-corrected chi connectivity index (χ1v) is 5.76. The first-order chi connectivity index (χ1) is 9.18. The molecule has 0 aliphatic rings. The summed E-state index contributed by atoms with van der Waals surface area (Å²) in [4.78, 5) is 20.9. The van der Waals surface area contributed by atoms with E-state index in [1.165, 1.54) is 0 Å². The van der Waals surface area contributed by atoms with Crippen molar-refractivity contribution in [3.63, 3.8) is 0 Å². The molecule has 0 spiro atoms. The van der Waals surface area contributed by atoms with Gasteiger partial charge in [0.1, 0.15) is 6.04 Å². The first kappa shape index (κ1) is 13.0. The van der Waals surface area contributed by atoms with E-state index >= 15 is 0 Å². The van der Waals surface area contributed by atoms with Crippen LogP contribution in [0.15, 0.2) is 48.8 Å². The van der Waals surface area contributed by atoms with Crippen molar-refractivity contribution in [2.24, 2.45) is 5.73 Å². The van der Waals surface area contributed by atoms with E-state index in [2.05, 4.69) is 9.97 Å². The second-order valence-electron chi connectivity index (χ2n) is 3.94. The number of carboxylic acids is 1. The smallest absolute Gasteiger partial charge is 0.322 e. The molecule has 0 aliphatic heterocycles. The standard InChI is InChI=1S/C13H14N4O2/c14-11(12(18)19)9-17(10-5-2-1-3-6-10)13-15-7-4-8-16-13/h1-8,11H,9,14H2,(H,18,19)/t11-/m0/s1. The number of para-hydroxylation sites is 1. The summed E-state index contributed by atoms with van der Waals surface area (Å²) in [6.07, 6.45) is 3.20. The molecule has 98 valence electrons. The summed E-state index contributed by atoms with van der Waals surface area (Å²) < 4.78 is 0. The number of aliphatic carboxylic acids is 1. The third kappa shape index (κ3) is 3.26. The van der Waals surface area contributed by atoms with Crippen LogP contribution in [-0.4, -0.2) is 33.6 Å². The van der Waals surface area contributed by atoms with E-state index in [1.54, 1.807) is 23.4 Å². The molecule has 2 aromatic rings. The minimum absolute atomic E-state index is 0.101.